The van der Waals surface area contributed by atoms with E-state index in [9.17, 15) is 8.42 Å². The Morgan fingerprint density at radius 1 is 1.24 bits per heavy atom. The molecule has 1 aromatic carbocycles. The summed E-state index contributed by atoms with van der Waals surface area (Å²) in [5.74, 6) is 0.719. The van der Waals surface area contributed by atoms with Gasteiger partial charge in [0, 0.05) is 24.8 Å². The molecule has 0 aliphatic heterocycles. The van der Waals surface area contributed by atoms with Gasteiger partial charge in [0.05, 0.1) is 11.2 Å². The minimum absolute atomic E-state index is 0.215. The molecule has 1 aromatic heterocycles. The van der Waals surface area contributed by atoms with Crippen LogP contribution < -0.4 is 5.73 Å². The maximum atomic E-state index is 12.6. The van der Waals surface area contributed by atoms with Crippen molar-refractivity contribution in [2.75, 3.05) is 12.8 Å². The van der Waals surface area contributed by atoms with Crippen LogP contribution in [0.1, 0.15) is 22.5 Å². The van der Waals surface area contributed by atoms with Gasteiger partial charge in [-0.2, -0.15) is 4.31 Å². The molecule has 21 heavy (non-hydrogen) atoms. The average Bonchev–Trinajstić information content (AvgIpc) is 2.80. The zero-order valence-corrected chi connectivity index (χ0v) is 13.5. The Hall–Kier alpha value is -1.79. The molecule has 1 heterocycles. The van der Waals surface area contributed by atoms with Gasteiger partial charge in [0.25, 0.3) is 0 Å². The highest BCUT2D eigenvalue weighted by Gasteiger charge is 2.23. The van der Waals surface area contributed by atoms with E-state index in [1.807, 2.05) is 20.8 Å². The maximum Gasteiger partial charge on any atom is 0.243 e. The quantitative estimate of drug-likeness (QED) is 0.881. The Bertz CT molecular complexity index is 740. The molecule has 0 aliphatic carbocycles. The smallest absolute Gasteiger partial charge is 0.243 e. The van der Waals surface area contributed by atoms with Gasteiger partial charge < -0.3 is 10.2 Å². The van der Waals surface area contributed by atoms with Crippen molar-refractivity contribution in [2.45, 2.75) is 32.2 Å². The number of hydrogen-bond acceptors (Lipinski definition) is 4. The first-order valence-electron chi connectivity index (χ1n) is 6.59. The topological polar surface area (TPSA) is 76.5 Å². The fourth-order valence-electron chi connectivity index (χ4n) is 2.08. The summed E-state index contributed by atoms with van der Waals surface area (Å²) in [5.41, 5.74) is 8.98. The zero-order chi connectivity index (χ0) is 15.8. The van der Waals surface area contributed by atoms with Gasteiger partial charge in [-0.25, -0.2) is 8.42 Å². The van der Waals surface area contributed by atoms with Crippen LogP contribution in [-0.2, 0) is 16.6 Å². The van der Waals surface area contributed by atoms with Crippen LogP contribution in [0.15, 0.2) is 33.8 Å². The van der Waals surface area contributed by atoms with E-state index in [4.69, 9.17) is 10.2 Å². The standard InChI is InChI=1S/C15H20N2O3S/c1-10-7-14(8-15(16)11(10)2)21(18,19)17(4)9-13-5-6-20-12(13)3/h5-8H,9,16H2,1-4H3. The fraction of sp³-hybridized carbons (Fsp3) is 0.333. The second-order valence-corrected chi connectivity index (χ2v) is 7.26. The molecule has 0 fully saturated rings. The number of nitrogen functional groups attached to an aromatic ring is 1. The van der Waals surface area contributed by atoms with Crippen LogP contribution >= 0.6 is 0 Å². The summed E-state index contributed by atoms with van der Waals surface area (Å²) in [7, 11) is -2.03. The summed E-state index contributed by atoms with van der Waals surface area (Å²) in [6, 6.07) is 4.94. The van der Waals surface area contributed by atoms with Crippen molar-refractivity contribution in [1.82, 2.24) is 4.31 Å². The predicted octanol–water partition coefficient (Wildman–Crippen LogP) is 2.61. The van der Waals surface area contributed by atoms with Crippen molar-refractivity contribution < 1.29 is 12.8 Å². The molecule has 0 saturated carbocycles. The normalized spacial score (nSPS) is 12.0. The fourth-order valence-corrected chi connectivity index (χ4v) is 3.35. The van der Waals surface area contributed by atoms with Crippen LogP contribution in [0.5, 0.6) is 0 Å². The van der Waals surface area contributed by atoms with Gasteiger partial charge >= 0.3 is 0 Å². The van der Waals surface area contributed by atoms with Crippen molar-refractivity contribution in [3.05, 3.63) is 46.9 Å². The molecular formula is C15H20N2O3S. The van der Waals surface area contributed by atoms with Crippen LogP contribution in [-0.4, -0.2) is 19.8 Å². The lowest BCUT2D eigenvalue weighted by atomic mass is 10.1. The highest BCUT2D eigenvalue weighted by Crippen LogP contribution is 2.24. The van der Waals surface area contributed by atoms with Gasteiger partial charge in [0.15, 0.2) is 0 Å². The largest absolute Gasteiger partial charge is 0.469 e. The SMILES string of the molecule is Cc1cc(S(=O)(=O)N(C)Cc2ccoc2C)cc(N)c1C. The van der Waals surface area contributed by atoms with Crippen LogP contribution in [0.25, 0.3) is 0 Å². The maximum absolute atomic E-state index is 12.6. The highest BCUT2D eigenvalue weighted by atomic mass is 32.2. The summed E-state index contributed by atoms with van der Waals surface area (Å²) in [4.78, 5) is 0.215. The van der Waals surface area contributed by atoms with Gasteiger partial charge in [-0.05, 0) is 50.1 Å². The molecule has 6 heteroatoms. The van der Waals surface area contributed by atoms with E-state index in [1.54, 1.807) is 25.4 Å². The number of aryl methyl sites for hydroxylation is 2. The number of sulfonamides is 1. The van der Waals surface area contributed by atoms with E-state index in [1.165, 1.54) is 10.4 Å². The first-order chi connectivity index (χ1) is 9.73. The molecule has 2 rings (SSSR count). The molecule has 114 valence electrons. The van der Waals surface area contributed by atoms with Gasteiger partial charge in [0.2, 0.25) is 10.0 Å². The molecular weight excluding hydrogens is 288 g/mol. The zero-order valence-electron chi connectivity index (χ0n) is 12.7. The average molecular weight is 308 g/mol. The van der Waals surface area contributed by atoms with Gasteiger partial charge in [-0.1, -0.05) is 0 Å². The van der Waals surface area contributed by atoms with Gasteiger partial charge in [-0.15, -0.1) is 0 Å². The molecule has 0 atom stereocenters. The van der Waals surface area contributed by atoms with Crippen molar-refractivity contribution >= 4 is 15.7 Å². The number of furan rings is 1. The Kier molecular flexibility index (Phi) is 4.11. The third-order valence-corrected chi connectivity index (χ3v) is 5.53. The van der Waals surface area contributed by atoms with Crippen molar-refractivity contribution in [2.24, 2.45) is 0 Å². The monoisotopic (exact) mass is 308 g/mol. The van der Waals surface area contributed by atoms with Crippen LogP contribution in [0.3, 0.4) is 0 Å². The van der Waals surface area contributed by atoms with Crippen LogP contribution in [0.4, 0.5) is 5.69 Å². The predicted molar refractivity (Wildman–Crippen MR) is 82.4 cm³/mol. The summed E-state index contributed by atoms with van der Waals surface area (Å²) in [6.07, 6.45) is 1.55. The van der Waals surface area contributed by atoms with E-state index in [0.717, 1.165) is 22.5 Å². The lowest BCUT2D eigenvalue weighted by Crippen LogP contribution is -2.26. The van der Waals surface area contributed by atoms with Crippen molar-refractivity contribution in [3.8, 4) is 0 Å². The van der Waals surface area contributed by atoms with E-state index < -0.39 is 10.0 Å². The lowest BCUT2D eigenvalue weighted by molar-refractivity contribution is 0.459. The van der Waals surface area contributed by atoms with Crippen molar-refractivity contribution in [3.63, 3.8) is 0 Å². The first kappa shape index (κ1) is 15.6. The Morgan fingerprint density at radius 3 is 2.43 bits per heavy atom. The number of hydrogen-bond donors (Lipinski definition) is 1. The summed E-state index contributed by atoms with van der Waals surface area (Å²) < 4.78 is 31.7. The van der Waals surface area contributed by atoms with E-state index in [-0.39, 0.29) is 11.4 Å². The molecule has 2 N–H and O–H groups in total. The second-order valence-electron chi connectivity index (χ2n) is 5.22. The molecule has 0 radical (unpaired) electrons. The molecule has 0 aliphatic rings. The van der Waals surface area contributed by atoms with Gasteiger partial charge in [0.1, 0.15) is 5.76 Å². The molecule has 0 amide bonds. The van der Waals surface area contributed by atoms with E-state index in [2.05, 4.69) is 0 Å². The second kappa shape index (κ2) is 5.54. The third-order valence-electron chi connectivity index (χ3n) is 3.75. The van der Waals surface area contributed by atoms with Gasteiger partial charge in [-0.3, -0.25) is 0 Å². The summed E-state index contributed by atoms with van der Waals surface area (Å²) >= 11 is 0. The highest BCUT2D eigenvalue weighted by molar-refractivity contribution is 7.89. The lowest BCUT2D eigenvalue weighted by Gasteiger charge is -2.18. The number of nitrogens with two attached hydrogens (primary N) is 1. The Morgan fingerprint density at radius 2 is 1.90 bits per heavy atom. The number of rotatable bonds is 4. The van der Waals surface area contributed by atoms with E-state index >= 15 is 0 Å². The molecule has 5 nitrogen and oxygen atoms in total. The Balaban J connectivity index is 2.35. The molecule has 0 spiro atoms. The van der Waals surface area contributed by atoms with Crippen LogP contribution in [0, 0.1) is 20.8 Å². The number of benzene rings is 1. The molecule has 0 unspecified atom stereocenters. The molecule has 0 saturated heterocycles. The molecule has 0 bridgehead atoms. The Labute approximate surface area is 125 Å². The third kappa shape index (κ3) is 2.96. The minimum atomic E-state index is -3.58. The van der Waals surface area contributed by atoms with Crippen LogP contribution in [0.2, 0.25) is 0 Å². The minimum Gasteiger partial charge on any atom is -0.469 e. The molecule has 2 aromatic rings. The number of anilines is 1. The van der Waals surface area contributed by atoms with Crippen molar-refractivity contribution in [1.29, 1.82) is 0 Å². The number of nitrogens with zero attached hydrogens (tertiary/aromatic N) is 1. The van der Waals surface area contributed by atoms with E-state index in [0.29, 0.717) is 5.69 Å². The summed E-state index contributed by atoms with van der Waals surface area (Å²) in [5, 5.41) is 0. The summed E-state index contributed by atoms with van der Waals surface area (Å²) in [6.45, 7) is 5.80. The first-order valence-corrected chi connectivity index (χ1v) is 8.03.